The van der Waals surface area contributed by atoms with Gasteiger partial charge in [0.25, 0.3) is 0 Å². The highest BCUT2D eigenvalue weighted by Crippen LogP contribution is 2.22. The molecular weight excluding hydrogens is 366 g/mol. The highest BCUT2D eigenvalue weighted by Gasteiger charge is 2.21. The summed E-state index contributed by atoms with van der Waals surface area (Å²) < 4.78 is 24.8. The molecule has 1 aliphatic rings. The lowest BCUT2D eigenvalue weighted by molar-refractivity contribution is 0.199. The molecule has 1 aromatic carbocycles. The number of nitrogens with one attached hydrogen (secondary N) is 1. The molecule has 0 saturated carbocycles. The lowest BCUT2D eigenvalue weighted by Gasteiger charge is -2.28. The molecule has 0 saturated heterocycles. The van der Waals surface area contributed by atoms with Gasteiger partial charge in [0.2, 0.25) is 10.0 Å². The van der Waals surface area contributed by atoms with Crippen LogP contribution >= 0.6 is 0 Å². The maximum atomic E-state index is 12.5. The molecule has 1 aliphatic heterocycles. The van der Waals surface area contributed by atoms with Crippen molar-refractivity contribution in [3.63, 3.8) is 0 Å². The minimum Gasteiger partial charge on any atom is -0.331 e. The summed E-state index contributed by atoms with van der Waals surface area (Å²) in [5.74, 6) is 0. The Balaban J connectivity index is 1.64. The molecule has 3 N–H and O–H groups in total. The Hall–Kier alpha value is -2.65. The van der Waals surface area contributed by atoms with Crippen molar-refractivity contribution in [1.82, 2.24) is 20.0 Å². The lowest BCUT2D eigenvalue weighted by Crippen LogP contribution is -2.43. The van der Waals surface area contributed by atoms with Crippen molar-refractivity contribution >= 4 is 21.6 Å². The van der Waals surface area contributed by atoms with E-state index >= 15 is 0 Å². The Morgan fingerprint density at radius 3 is 2.70 bits per heavy atom. The number of sulfonamides is 1. The highest BCUT2D eigenvalue weighted by molar-refractivity contribution is 7.89. The fraction of sp³-hybridized carbons (Fsp3) is 0.333. The maximum Gasteiger partial charge on any atom is 0.318 e. The van der Waals surface area contributed by atoms with Gasteiger partial charge in [-0.3, -0.25) is 4.68 Å². The van der Waals surface area contributed by atoms with E-state index in [1.165, 1.54) is 17.7 Å². The van der Waals surface area contributed by atoms with E-state index < -0.39 is 10.0 Å². The summed E-state index contributed by atoms with van der Waals surface area (Å²) in [6.07, 6.45) is 4.54. The average Bonchev–Trinajstić information content (AvgIpc) is 3.07. The van der Waals surface area contributed by atoms with Gasteiger partial charge in [-0.2, -0.15) is 5.10 Å². The van der Waals surface area contributed by atoms with Gasteiger partial charge in [-0.25, -0.2) is 18.4 Å². The van der Waals surface area contributed by atoms with E-state index in [2.05, 4.69) is 10.4 Å². The molecule has 3 rings (SSSR count). The molecule has 1 unspecified atom stereocenters. The number of amides is 2. The average molecular weight is 389 g/mol. The predicted octanol–water partition coefficient (Wildman–Crippen LogP) is 1.63. The number of benzene rings is 1. The van der Waals surface area contributed by atoms with Crippen LogP contribution in [0, 0.1) is 0 Å². The predicted molar refractivity (Wildman–Crippen MR) is 102 cm³/mol. The Kier molecular flexibility index (Phi) is 5.33. The molecule has 0 aliphatic carbocycles. The van der Waals surface area contributed by atoms with Gasteiger partial charge in [0.15, 0.2) is 0 Å². The van der Waals surface area contributed by atoms with Crippen molar-refractivity contribution in [2.75, 3.05) is 13.1 Å². The number of rotatable bonds is 4. The van der Waals surface area contributed by atoms with Gasteiger partial charge >= 0.3 is 6.03 Å². The number of nitrogens with two attached hydrogens (primary N) is 1. The number of primary sulfonamides is 1. The topological polar surface area (TPSA) is 110 Å². The molecule has 1 aromatic heterocycles. The molecule has 144 valence electrons. The van der Waals surface area contributed by atoms with Gasteiger partial charge in [-0.1, -0.05) is 18.2 Å². The zero-order chi connectivity index (χ0) is 19.6. The third-order valence-corrected chi connectivity index (χ3v) is 5.58. The van der Waals surface area contributed by atoms with Gasteiger partial charge in [-0.15, -0.1) is 0 Å². The van der Waals surface area contributed by atoms with E-state index in [-0.39, 0.29) is 17.0 Å². The molecule has 8 nitrogen and oxygen atoms in total. The van der Waals surface area contributed by atoms with E-state index in [0.29, 0.717) is 18.7 Å². The standard InChI is InChI=1S/C18H23N5O3S/c1-13(15-4-3-5-16(12-15)27(19,25)26)21-18(24)23-10-7-14(8-11-23)17-6-9-20-22(17)2/h3-7,9,12-13H,8,10-11H2,1-2H3,(H,21,24)(H2,19,25,26). The zero-order valence-corrected chi connectivity index (χ0v) is 16.1. The molecule has 2 aromatic rings. The minimum atomic E-state index is -3.78. The smallest absolute Gasteiger partial charge is 0.318 e. The summed E-state index contributed by atoms with van der Waals surface area (Å²) in [4.78, 5) is 14.3. The van der Waals surface area contributed by atoms with E-state index in [0.717, 1.165) is 12.1 Å². The number of carbonyl (C=O) groups excluding carboxylic acids is 1. The van der Waals surface area contributed by atoms with Gasteiger partial charge in [-0.05, 0) is 42.7 Å². The van der Waals surface area contributed by atoms with Crippen LogP contribution in [0.5, 0.6) is 0 Å². The number of carbonyl (C=O) groups is 1. The molecular formula is C18H23N5O3S. The van der Waals surface area contributed by atoms with Crippen molar-refractivity contribution in [3.8, 4) is 0 Å². The first kappa shape index (κ1) is 19.1. The van der Waals surface area contributed by atoms with Crippen LogP contribution in [-0.4, -0.2) is 42.2 Å². The van der Waals surface area contributed by atoms with Crippen LogP contribution in [-0.2, 0) is 17.1 Å². The fourth-order valence-electron chi connectivity index (χ4n) is 3.10. The van der Waals surface area contributed by atoms with Crippen LogP contribution in [0.2, 0.25) is 0 Å². The largest absolute Gasteiger partial charge is 0.331 e. The van der Waals surface area contributed by atoms with Crippen LogP contribution < -0.4 is 10.5 Å². The Labute approximate surface area is 158 Å². The first-order valence-electron chi connectivity index (χ1n) is 8.61. The van der Waals surface area contributed by atoms with Crippen LogP contribution in [0.1, 0.15) is 30.6 Å². The summed E-state index contributed by atoms with van der Waals surface area (Å²) in [6.45, 7) is 2.92. The van der Waals surface area contributed by atoms with Crippen LogP contribution in [0.4, 0.5) is 4.79 Å². The van der Waals surface area contributed by atoms with E-state index in [4.69, 9.17) is 5.14 Å². The van der Waals surface area contributed by atoms with Gasteiger partial charge in [0.1, 0.15) is 0 Å². The first-order chi connectivity index (χ1) is 12.8. The van der Waals surface area contributed by atoms with E-state index in [1.54, 1.807) is 30.2 Å². The third-order valence-electron chi connectivity index (χ3n) is 4.67. The van der Waals surface area contributed by atoms with E-state index in [1.807, 2.05) is 23.9 Å². The molecule has 0 bridgehead atoms. The molecule has 0 fully saturated rings. The van der Waals surface area contributed by atoms with Crippen molar-refractivity contribution < 1.29 is 13.2 Å². The van der Waals surface area contributed by atoms with Crippen molar-refractivity contribution in [2.24, 2.45) is 12.2 Å². The molecule has 9 heteroatoms. The second-order valence-corrected chi connectivity index (χ2v) is 8.12. The van der Waals surface area contributed by atoms with Crippen LogP contribution in [0.15, 0.2) is 47.5 Å². The molecule has 27 heavy (non-hydrogen) atoms. The van der Waals surface area contributed by atoms with Crippen LogP contribution in [0.3, 0.4) is 0 Å². The second-order valence-electron chi connectivity index (χ2n) is 6.55. The Morgan fingerprint density at radius 1 is 1.33 bits per heavy atom. The molecule has 2 heterocycles. The normalized spacial score (nSPS) is 16.0. The van der Waals surface area contributed by atoms with E-state index in [9.17, 15) is 13.2 Å². The SMILES string of the molecule is CC(NC(=O)N1CC=C(c2ccnn2C)CC1)c1cccc(S(N)(=O)=O)c1. The first-order valence-corrected chi connectivity index (χ1v) is 10.2. The summed E-state index contributed by atoms with van der Waals surface area (Å²) >= 11 is 0. The van der Waals surface area contributed by atoms with Crippen molar-refractivity contribution in [3.05, 3.63) is 53.9 Å². The van der Waals surface area contributed by atoms with Crippen molar-refractivity contribution in [1.29, 1.82) is 0 Å². The molecule has 0 radical (unpaired) electrons. The number of nitrogens with zero attached hydrogens (tertiary/aromatic N) is 3. The van der Waals surface area contributed by atoms with Gasteiger partial charge in [0, 0.05) is 26.3 Å². The number of hydrogen-bond donors (Lipinski definition) is 2. The zero-order valence-electron chi connectivity index (χ0n) is 15.3. The number of aromatic nitrogens is 2. The summed E-state index contributed by atoms with van der Waals surface area (Å²) in [5.41, 5.74) is 2.91. The second kappa shape index (κ2) is 7.53. The Morgan fingerprint density at radius 2 is 2.11 bits per heavy atom. The van der Waals surface area contributed by atoms with Gasteiger partial charge in [0.05, 0.1) is 16.6 Å². The monoisotopic (exact) mass is 389 g/mol. The summed E-state index contributed by atoms with van der Waals surface area (Å²) in [7, 11) is -1.88. The highest BCUT2D eigenvalue weighted by atomic mass is 32.2. The molecule has 0 spiro atoms. The fourth-order valence-corrected chi connectivity index (χ4v) is 3.66. The minimum absolute atomic E-state index is 0.0304. The quantitative estimate of drug-likeness (QED) is 0.828. The number of aryl methyl sites for hydroxylation is 1. The van der Waals surface area contributed by atoms with Crippen LogP contribution in [0.25, 0.3) is 5.57 Å². The van der Waals surface area contributed by atoms with Crippen molar-refractivity contribution in [2.45, 2.75) is 24.3 Å². The molecule has 1 atom stereocenters. The molecule has 2 amide bonds. The maximum absolute atomic E-state index is 12.5. The number of hydrogen-bond acceptors (Lipinski definition) is 4. The summed E-state index contributed by atoms with van der Waals surface area (Å²) in [6, 6.07) is 7.71. The lowest BCUT2D eigenvalue weighted by atomic mass is 10.0. The Bertz CT molecular complexity index is 980. The summed E-state index contributed by atoms with van der Waals surface area (Å²) in [5, 5.41) is 12.3. The van der Waals surface area contributed by atoms with Gasteiger partial charge < -0.3 is 10.2 Å². The third kappa shape index (κ3) is 4.37. The number of urea groups is 1.